The molecular weight excluding hydrogens is 298 g/mol. The Morgan fingerprint density at radius 2 is 1.65 bits per heavy atom. The van der Waals surface area contributed by atoms with Gasteiger partial charge in [0.1, 0.15) is 0 Å². The third kappa shape index (κ3) is 3.18. The summed E-state index contributed by atoms with van der Waals surface area (Å²) < 4.78 is 26.3. The van der Waals surface area contributed by atoms with E-state index in [1.165, 1.54) is 30.3 Å². The van der Waals surface area contributed by atoms with Crippen molar-refractivity contribution in [1.82, 2.24) is 4.72 Å². The number of carbonyl (C=O) groups excluding carboxylic acids is 1. The molecule has 20 heavy (non-hydrogen) atoms. The van der Waals surface area contributed by atoms with Crippen LogP contribution in [0.1, 0.15) is 15.9 Å². The van der Waals surface area contributed by atoms with Crippen molar-refractivity contribution in [3.8, 4) is 0 Å². The van der Waals surface area contributed by atoms with E-state index in [1.807, 2.05) is 4.72 Å². The van der Waals surface area contributed by atoms with Crippen LogP contribution in [-0.4, -0.2) is 14.3 Å². The van der Waals surface area contributed by atoms with Crippen LogP contribution in [0.25, 0.3) is 0 Å². The maximum absolute atomic E-state index is 12.1. The Morgan fingerprint density at radius 1 is 1.05 bits per heavy atom. The number of amides is 1. The van der Waals surface area contributed by atoms with Crippen molar-refractivity contribution >= 4 is 27.5 Å². The largest absolute Gasteiger partial charge is 0.268 e. The van der Waals surface area contributed by atoms with Gasteiger partial charge in [-0.2, -0.15) is 0 Å². The summed E-state index contributed by atoms with van der Waals surface area (Å²) in [6, 6.07) is 12.4. The van der Waals surface area contributed by atoms with Crippen molar-refractivity contribution in [2.45, 2.75) is 11.8 Å². The third-order valence-electron chi connectivity index (χ3n) is 2.72. The lowest BCUT2D eigenvalue weighted by Gasteiger charge is -2.09. The van der Waals surface area contributed by atoms with Crippen molar-refractivity contribution in [2.75, 3.05) is 0 Å². The van der Waals surface area contributed by atoms with E-state index in [-0.39, 0.29) is 10.5 Å². The van der Waals surface area contributed by atoms with E-state index in [9.17, 15) is 13.2 Å². The molecule has 1 amide bonds. The Bertz CT molecular complexity index is 739. The fourth-order valence-electron chi connectivity index (χ4n) is 1.70. The molecule has 0 unspecified atom stereocenters. The highest BCUT2D eigenvalue weighted by Gasteiger charge is 2.20. The minimum Gasteiger partial charge on any atom is -0.268 e. The average Bonchev–Trinajstić information content (AvgIpc) is 2.39. The first-order chi connectivity index (χ1) is 9.40. The van der Waals surface area contributed by atoms with Gasteiger partial charge in [-0.3, -0.25) is 4.79 Å². The highest BCUT2D eigenvalue weighted by Crippen LogP contribution is 2.15. The zero-order valence-corrected chi connectivity index (χ0v) is 12.2. The minimum absolute atomic E-state index is 0.0855. The Labute approximate surface area is 122 Å². The number of carbonyl (C=O) groups is 1. The van der Waals surface area contributed by atoms with Gasteiger partial charge >= 0.3 is 0 Å². The van der Waals surface area contributed by atoms with Crippen molar-refractivity contribution < 1.29 is 13.2 Å². The highest BCUT2D eigenvalue weighted by molar-refractivity contribution is 7.90. The summed E-state index contributed by atoms with van der Waals surface area (Å²) in [6.07, 6.45) is 0. The Morgan fingerprint density at radius 3 is 2.25 bits per heavy atom. The number of hydrogen-bond acceptors (Lipinski definition) is 3. The van der Waals surface area contributed by atoms with E-state index in [0.29, 0.717) is 10.6 Å². The number of benzene rings is 2. The molecule has 0 aliphatic heterocycles. The summed E-state index contributed by atoms with van der Waals surface area (Å²) in [7, 11) is -3.88. The van der Waals surface area contributed by atoms with Gasteiger partial charge in [0, 0.05) is 10.6 Å². The quantitative estimate of drug-likeness (QED) is 0.948. The SMILES string of the molecule is Cc1ccccc1S(=O)(=O)NC(=O)c1ccc(Cl)cc1. The molecule has 2 aromatic carbocycles. The first-order valence-electron chi connectivity index (χ1n) is 5.78. The molecule has 0 saturated heterocycles. The Balaban J connectivity index is 2.27. The van der Waals surface area contributed by atoms with E-state index in [0.717, 1.165) is 0 Å². The number of aryl methyl sites for hydroxylation is 1. The van der Waals surface area contributed by atoms with Gasteiger partial charge in [0.25, 0.3) is 15.9 Å². The average molecular weight is 310 g/mol. The van der Waals surface area contributed by atoms with Crippen LogP contribution < -0.4 is 4.72 Å². The lowest BCUT2D eigenvalue weighted by Crippen LogP contribution is -2.31. The van der Waals surface area contributed by atoms with Crippen LogP contribution in [0.4, 0.5) is 0 Å². The van der Waals surface area contributed by atoms with E-state index in [2.05, 4.69) is 0 Å². The zero-order valence-electron chi connectivity index (χ0n) is 10.6. The molecule has 0 atom stereocenters. The zero-order chi connectivity index (χ0) is 14.8. The first-order valence-corrected chi connectivity index (χ1v) is 7.64. The summed E-state index contributed by atoms with van der Waals surface area (Å²) in [5.41, 5.74) is 0.801. The lowest BCUT2D eigenvalue weighted by molar-refractivity contribution is 0.0981. The van der Waals surface area contributed by atoms with Gasteiger partial charge in [-0.05, 0) is 42.8 Å². The van der Waals surface area contributed by atoms with Crippen LogP contribution >= 0.6 is 11.6 Å². The molecule has 0 saturated carbocycles. The number of hydrogen-bond donors (Lipinski definition) is 1. The molecule has 0 fully saturated rings. The number of rotatable bonds is 3. The monoisotopic (exact) mass is 309 g/mol. The van der Waals surface area contributed by atoms with Gasteiger partial charge in [-0.1, -0.05) is 29.8 Å². The van der Waals surface area contributed by atoms with Crippen LogP contribution in [0.2, 0.25) is 5.02 Å². The maximum Gasteiger partial charge on any atom is 0.264 e. The maximum atomic E-state index is 12.1. The van der Waals surface area contributed by atoms with E-state index < -0.39 is 15.9 Å². The third-order valence-corrected chi connectivity index (χ3v) is 4.46. The second kappa shape index (κ2) is 5.64. The normalized spacial score (nSPS) is 11.1. The number of halogens is 1. The molecule has 2 aromatic rings. The molecule has 4 nitrogen and oxygen atoms in total. The van der Waals surface area contributed by atoms with Crippen LogP contribution in [0.15, 0.2) is 53.4 Å². The van der Waals surface area contributed by atoms with Gasteiger partial charge in [-0.25, -0.2) is 13.1 Å². The summed E-state index contributed by atoms with van der Waals surface area (Å²) in [6.45, 7) is 1.67. The molecule has 0 heterocycles. The predicted octanol–water partition coefficient (Wildman–Crippen LogP) is 2.77. The molecular formula is C14H12ClNO3S. The molecule has 1 N–H and O–H groups in total. The highest BCUT2D eigenvalue weighted by atomic mass is 35.5. The molecule has 0 radical (unpaired) electrons. The van der Waals surface area contributed by atoms with E-state index in [4.69, 9.17) is 11.6 Å². The molecule has 104 valence electrons. The summed E-state index contributed by atoms with van der Waals surface area (Å²) >= 11 is 5.72. The number of nitrogens with one attached hydrogen (secondary N) is 1. The summed E-state index contributed by atoms with van der Waals surface area (Å²) in [5.74, 6) is -0.690. The van der Waals surface area contributed by atoms with Crippen molar-refractivity contribution in [1.29, 1.82) is 0 Å². The van der Waals surface area contributed by atoms with Gasteiger partial charge in [0.2, 0.25) is 0 Å². The van der Waals surface area contributed by atoms with Gasteiger partial charge in [0.05, 0.1) is 4.90 Å². The summed E-state index contributed by atoms with van der Waals surface area (Å²) in [5, 5.41) is 0.475. The minimum atomic E-state index is -3.88. The molecule has 0 bridgehead atoms. The summed E-state index contributed by atoms with van der Waals surface area (Å²) in [4.78, 5) is 12.0. The molecule has 0 aliphatic rings. The van der Waals surface area contributed by atoms with Gasteiger partial charge in [-0.15, -0.1) is 0 Å². The predicted molar refractivity (Wildman–Crippen MR) is 77.3 cm³/mol. The van der Waals surface area contributed by atoms with Gasteiger partial charge in [0.15, 0.2) is 0 Å². The molecule has 6 heteroatoms. The fourth-order valence-corrected chi connectivity index (χ4v) is 3.04. The van der Waals surface area contributed by atoms with E-state index >= 15 is 0 Å². The van der Waals surface area contributed by atoms with Crippen molar-refractivity contribution in [3.05, 3.63) is 64.7 Å². The number of sulfonamides is 1. The topological polar surface area (TPSA) is 63.2 Å². The molecule has 0 aliphatic carbocycles. The lowest BCUT2D eigenvalue weighted by atomic mass is 10.2. The second-order valence-corrected chi connectivity index (χ2v) is 6.29. The van der Waals surface area contributed by atoms with Crippen molar-refractivity contribution in [2.24, 2.45) is 0 Å². The first kappa shape index (κ1) is 14.6. The van der Waals surface area contributed by atoms with Gasteiger partial charge < -0.3 is 0 Å². The van der Waals surface area contributed by atoms with Crippen molar-refractivity contribution in [3.63, 3.8) is 0 Å². The standard InChI is InChI=1S/C14H12ClNO3S/c1-10-4-2-3-5-13(10)20(18,19)16-14(17)11-6-8-12(15)9-7-11/h2-9H,1H3,(H,16,17). The van der Waals surface area contributed by atoms with Crippen LogP contribution in [-0.2, 0) is 10.0 Å². The Hall–Kier alpha value is -1.85. The van der Waals surface area contributed by atoms with Crippen LogP contribution in [0.5, 0.6) is 0 Å². The second-order valence-electron chi connectivity index (χ2n) is 4.21. The van der Waals surface area contributed by atoms with Crippen LogP contribution in [0.3, 0.4) is 0 Å². The van der Waals surface area contributed by atoms with E-state index in [1.54, 1.807) is 25.1 Å². The molecule has 0 aromatic heterocycles. The molecule has 0 spiro atoms. The Kier molecular flexibility index (Phi) is 4.11. The molecule has 2 rings (SSSR count). The van der Waals surface area contributed by atoms with Crippen LogP contribution in [0, 0.1) is 6.92 Å². The smallest absolute Gasteiger partial charge is 0.264 e. The fraction of sp³-hybridized carbons (Fsp3) is 0.0714.